The topological polar surface area (TPSA) is 67.2 Å². The van der Waals surface area contributed by atoms with Gasteiger partial charge >= 0.3 is 0 Å². The Hall–Kier alpha value is -2.15. The third-order valence-electron chi connectivity index (χ3n) is 3.94. The molecule has 1 N–H and O–H groups in total. The summed E-state index contributed by atoms with van der Waals surface area (Å²) in [4.78, 5) is 26.6. The van der Waals surface area contributed by atoms with E-state index in [1.54, 1.807) is 9.58 Å². The minimum Gasteiger partial charge on any atom is -0.339 e. The number of alkyl halides is 1. The van der Waals surface area contributed by atoms with Crippen LogP contribution >= 0.6 is 15.9 Å². The Morgan fingerprint density at radius 1 is 1.20 bits per heavy atom. The van der Waals surface area contributed by atoms with Crippen molar-refractivity contribution < 1.29 is 9.59 Å². The van der Waals surface area contributed by atoms with Crippen molar-refractivity contribution in [3.8, 4) is 5.69 Å². The quantitative estimate of drug-likeness (QED) is 0.715. The molecular formula is C18H23BrN4O2. The summed E-state index contributed by atoms with van der Waals surface area (Å²) in [7, 11) is 0. The van der Waals surface area contributed by atoms with E-state index in [-0.39, 0.29) is 16.6 Å². The maximum absolute atomic E-state index is 12.8. The monoisotopic (exact) mass is 406 g/mol. The molecule has 0 fully saturated rings. The van der Waals surface area contributed by atoms with Crippen molar-refractivity contribution >= 4 is 33.6 Å². The van der Waals surface area contributed by atoms with Gasteiger partial charge in [-0.1, -0.05) is 41.1 Å². The van der Waals surface area contributed by atoms with Crippen LogP contribution in [0.15, 0.2) is 36.5 Å². The molecule has 1 atom stereocenters. The minimum absolute atomic E-state index is 0.148. The van der Waals surface area contributed by atoms with Crippen LogP contribution in [-0.4, -0.2) is 44.4 Å². The number of rotatable bonds is 7. The molecule has 0 radical (unpaired) electrons. The smallest absolute Gasteiger partial charge is 0.259 e. The summed E-state index contributed by atoms with van der Waals surface area (Å²) in [5, 5.41) is 7.20. The lowest BCUT2D eigenvalue weighted by Gasteiger charge is -2.19. The first-order valence-electron chi connectivity index (χ1n) is 8.41. The highest BCUT2D eigenvalue weighted by Crippen LogP contribution is 2.23. The fourth-order valence-electron chi connectivity index (χ4n) is 2.45. The van der Waals surface area contributed by atoms with Crippen LogP contribution in [0.2, 0.25) is 0 Å². The van der Waals surface area contributed by atoms with Gasteiger partial charge in [0.1, 0.15) is 11.4 Å². The largest absolute Gasteiger partial charge is 0.339 e. The van der Waals surface area contributed by atoms with Crippen LogP contribution in [0.4, 0.5) is 5.82 Å². The van der Waals surface area contributed by atoms with Crippen LogP contribution in [0.1, 0.15) is 37.6 Å². The zero-order chi connectivity index (χ0) is 18.4. The molecule has 1 aromatic carbocycles. The summed E-state index contributed by atoms with van der Waals surface area (Å²) in [6.45, 7) is 6.94. The molecule has 2 rings (SSSR count). The number of carbonyl (C=O) groups is 2. The molecule has 0 spiro atoms. The van der Waals surface area contributed by atoms with Gasteiger partial charge in [-0.05, 0) is 32.4 Å². The van der Waals surface area contributed by atoms with E-state index in [2.05, 4.69) is 26.3 Å². The molecule has 25 heavy (non-hydrogen) atoms. The van der Waals surface area contributed by atoms with Crippen molar-refractivity contribution in [2.75, 3.05) is 18.4 Å². The number of carbonyl (C=O) groups excluding carboxylic acids is 2. The SMILES string of the molecule is CCC(Br)C(=O)Nc1c(C(=O)N(CC)CC)cnn1-c1ccccc1. The highest BCUT2D eigenvalue weighted by Gasteiger charge is 2.24. The summed E-state index contributed by atoms with van der Waals surface area (Å²) < 4.78 is 1.59. The van der Waals surface area contributed by atoms with Gasteiger partial charge in [0.05, 0.1) is 16.7 Å². The molecular weight excluding hydrogens is 384 g/mol. The molecule has 0 aliphatic rings. The van der Waals surface area contributed by atoms with Crippen molar-refractivity contribution in [1.82, 2.24) is 14.7 Å². The second-order valence-electron chi connectivity index (χ2n) is 5.50. The van der Waals surface area contributed by atoms with Gasteiger partial charge in [0.25, 0.3) is 5.91 Å². The zero-order valence-corrected chi connectivity index (χ0v) is 16.3. The fraction of sp³-hybridized carbons (Fsp3) is 0.389. The molecule has 2 amide bonds. The lowest BCUT2D eigenvalue weighted by atomic mass is 10.2. The molecule has 0 saturated carbocycles. The van der Waals surface area contributed by atoms with E-state index in [1.165, 1.54) is 6.20 Å². The molecule has 0 aliphatic heterocycles. The van der Waals surface area contributed by atoms with E-state index in [0.29, 0.717) is 30.9 Å². The fourth-order valence-corrected chi connectivity index (χ4v) is 2.57. The number of anilines is 1. The molecule has 6 nitrogen and oxygen atoms in total. The van der Waals surface area contributed by atoms with Gasteiger partial charge < -0.3 is 10.2 Å². The normalized spacial score (nSPS) is 11.8. The number of para-hydroxylation sites is 1. The van der Waals surface area contributed by atoms with Gasteiger partial charge in [0, 0.05) is 13.1 Å². The average molecular weight is 407 g/mol. The summed E-state index contributed by atoms with van der Waals surface area (Å²) in [5.74, 6) is 0.0462. The van der Waals surface area contributed by atoms with E-state index in [4.69, 9.17) is 0 Å². The number of nitrogens with zero attached hydrogens (tertiary/aromatic N) is 3. The van der Waals surface area contributed by atoms with Crippen LogP contribution in [0.25, 0.3) is 5.69 Å². The molecule has 1 aromatic heterocycles. The van der Waals surface area contributed by atoms with Crippen molar-refractivity contribution in [2.24, 2.45) is 0 Å². The maximum Gasteiger partial charge on any atom is 0.259 e. The van der Waals surface area contributed by atoms with Crippen LogP contribution in [0.3, 0.4) is 0 Å². The first-order valence-corrected chi connectivity index (χ1v) is 9.32. The Balaban J connectivity index is 2.48. The predicted octanol–water partition coefficient (Wildman–Crippen LogP) is 3.47. The van der Waals surface area contributed by atoms with Crippen molar-refractivity contribution in [2.45, 2.75) is 32.0 Å². The molecule has 7 heteroatoms. The number of hydrogen-bond donors (Lipinski definition) is 1. The Morgan fingerprint density at radius 2 is 1.84 bits per heavy atom. The second kappa shape index (κ2) is 8.80. The average Bonchev–Trinajstić information content (AvgIpc) is 3.06. The van der Waals surface area contributed by atoms with E-state index >= 15 is 0 Å². The van der Waals surface area contributed by atoms with Gasteiger partial charge in [-0.15, -0.1) is 0 Å². The lowest BCUT2D eigenvalue weighted by Crippen LogP contribution is -2.32. The van der Waals surface area contributed by atoms with Crippen molar-refractivity contribution in [3.05, 3.63) is 42.1 Å². The third-order valence-corrected chi connectivity index (χ3v) is 5.00. The van der Waals surface area contributed by atoms with E-state index in [1.807, 2.05) is 51.1 Å². The number of amides is 2. The van der Waals surface area contributed by atoms with Crippen LogP contribution in [-0.2, 0) is 4.79 Å². The molecule has 0 saturated heterocycles. The molecule has 0 aliphatic carbocycles. The second-order valence-corrected chi connectivity index (χ2v) is 6.60. The van der Waals surface area contributed by atoms with E-state index in [0.717, 1.165) is 5.69 Å². The van der Waals surface area contributed by atoms with Gasteiger partial charge in [0.15, 0.2) is 0 Å². The predicted molar refractivity (Wildman–Crippen MR) is 102 cm³/mol. The first-order chi connectivity index (χ1) is 12.0. The number of halogens is 1. The molecule has 1 heterocycles. The molecule has 0 bridgehead atoms. The van der Waals surface area contributed by atoms with Gasteiger partial charge in [-0.25, -0.2) is 4.68 Å². The lowest BCUT2D eigenvalue weighted by molar-refractivity contribution is -0.115. The zero-order valence-electron chi connectivity index (χ0n) is 14.7. The van der Waals surface area contributed by atoms with Crippen LogP contribution in [0, 0.1) is 0 Å². The molecule has 2 aromatic rings. The summed E-state index contributed by atoms with van der Waals surface area (Å²) in [6, 6.07) is 9.42. The van der Waals surface area contributed by atoms with Crippen LogP contribution in [0.5, 0.6) is 0 Å². The first kappa shape index (κ1) is 19.2. The number of nitrogens with one attached hydrogen (secondary N) is 1. The Bertz CT molecular complexity index is 726. The third kappa shape index (κ3) is 4.28. The number of benzene rings is 1. The van der Waals surface area contributed by atoms with Gasteiger partial charge in [-0.3, -0.25) is 9.59 Å². The standard InChI is InChI=1S/C18H23BrN4O2/c1-4-15(19)17(24)21-16-14(18(25)22(5-2)6-3)12-20-23(16)13-10-8-7-9-11-13/h7-12,15H,4-6H2,1-3H3,(H,21,24). The van der Waals surface area contributed by atoms with Gasteiger partial charge in [-0.2, -0.15) is 5.10 Å². The number of aromatic nitrogens is 2. The highest BCUT2D eigenvalue weighted by molar-refractivity contribution is 9.10. The van der Waals surface area contributed by atoms with Crippen LogP contribution < -0.4 is 5.32 Å². The van der Waals surface area contributed by atoms with E-state index in [9.17, 15) is 9.59 Å². The van der Waals surface area contributed by atoms with E-state index < -0.39 is 0 Å². The number of hydrogen-bond acceptors (Lipinski definition) is 3. The summed E-state index contributed by atoms with van der Waals surface area (Å²) in [5.41, 5.74) is 1.16. The molecule has 134 valence electrons. The van der Waals surface area contributed by atoms with Gasteiger partial charge in [0.2, 0.25) is 5.91 Å². The Labute approximate surface area is 156 Å². The van der Waals surface area contributed by atoms with Crippen molar-refractivity contribution in [3.63, 3.8) is 0 Å². The summed E-state index contributed by atoms with van der Waals surface area (Å²) >= 11 is 3.35. The van der Waals surface area contributed by atoms with Crippen molar-refractivity contribution in [1.29, 1.82) is 0 Å². The maximum atomic E-state index is 12.8. The Kier molecular flexibility index (Phi) is 6.75. The molecule has 1 unspecified atom stereocenters. The Morgan fingerprint density at radius 3 is 2.40 bits per heavy atom. The summed E-state index contributed by atoms with van der Waals surface area (Å²) in [6.07, 6.45) is 2.16. The minimum atomic E-state index is -0.331. The highest BCUT2D eigenvalue weighted by atomic mass is 79.9.